The quantitative estimate of drug-likeness (QED) is 0.349. The summed E-state index contributed by atoms with van der Waals surface area (Å²) < 4.78 is 27.5. The molecule has 0 aromatic heterocycles. The van der Waals surface area contributed by atoms with Gasteiger partial charge in [0.25, 0.3) is 0 Å². The Morgan fingerprint density at radius 1 is 0.706 bits per heavy atom. The summed E-state index contributed by atoms with van der Waals surface area (Å²) in [6.07, 6.45) is 6.59. The Bertz CT molecular complexity index is 1260. The molecule has 0 N–H and O–H groups in total. The average Bonchev–Trinajstić information content (AvgIpc) is 2.83. The zero-order valence-electron chi connectivity index (χ0n) is 20.1. The van der Waals surface area contributed by atoms with Crippen molar-refractivity contribution in [2.45, 2.75) is 52.9 Å². The molecule has 0 aliphatic heterocycles. The van der Waals surface area contributed by atoms with Crippen LogP contribution in [-0.2, 0) is 6.42 Å². The summed E-state index contributed by atoms with van der Waals surface area (Å²) in [6, 6.07) is 17.0. The molecule has 0 radical (unpaired) electrons. The summed E-state index contributed by atoms with van der Waals surface area (Å²) in [4.78, 5) is 0. The molecule has 0 atom stereocenters. The molecule has 0 bridgehead atoms. The van der Waals surface area contributed by atoms with E-state index in [1.165, 1.54) is 56.7 Å². The third-order valence-corrected chi connectivity index (χ3v) is 6.81. The summed E-state index contributed by atoms with van der Waals surface area (Å²) in [5.41, 5.74) is 5.49. The summed E-state index contributed by atoms with van der Waals surface area (Å²) >= 11 is 0. The van der Waals surface area contributed by atoms with E-state index in [9.17, 15) is 8.78 Å². The maximum absolute atomic E-state index is 13.7. The van der Waals surface area contributed by atoms with Crippen molar-refractivity contribution in [1.29, 1.82) is 0 Å². The van der Waals surface area contributed by atoms with Crippen LogP contribution in [0.25, 0.3) is 0 Å². The van der Waals surface area contributed by atoms with Crippen molar-refractivity contribution >= 4 is 0 Å². The molecule has 0 spiro atoms. The minimum atomic E-state index is -0.581. The van der Waals surface area contributed by atoms with Gasteiger partial charge in [0.2, 0.25) is 0 Å². The number of aryl methyl sites for hydroxylation is 1. The minimum absolute atomic E-state index is 0.0119. The first-order valence-corrected chi connectivity index (χ1v) is 12.1. The molecule has 0 saturated heterocycles. The highest BCUT2D eigenvalue weighted by Gasteiger charge is 2.18. The van der Waals surface area contributed by atoms with Gasteiger partial charge >= 0.3 is 0 Å². The largest absolute Gasteiger partial charge is 0.207 e. The standard InChI is InChI=1S/C32H30F2/c1-22-4-6-27(7-5-22)19-28-10-8-25(9-11-28)14-16-30-17-15-26(18-23(30)2)12-13-29-20-31(33)24(3)32(34)21-29/h8-11,15,17-18,20-22,27H,4-7,19H2,1-3H3. The molecule has 3 aromatic rings. The lowest BCUT2D eigenvalue weighted by atomic mass is 9.80. The predicted octanol–water partition coefficient (Wildman–Crippen LogP) is 7.75. The van der Waals surface area contributed by atoms with Gasteiger partial charge in [0.15, 0.2) is 0 Å². The lowest BCUT2D eigenvalue weighted by molar-refractivity contribution is 0.289. The number of halogens is 2. The van der Waals surface area contributed by atoms with Gasteiger partial charge in [0, 0.05) is 27.8 Å². The number of benzene rings is 3. The van der Waals surface area contributed by atoms with Gasteiger partial charge in [-0.1, -0.05) is 55.6 Å². The van der Waals surface area contributed by atoms with Gasteiger partial charge in [-0.05, 0) is 98.5 Å². The second-order valence-electron chi connectivity index (χ2n) is 9.62. The van der Waals surface area contributed by atoms with Crippen molar-refractivity contribution in [3.05, 3.63) is 105 Å². The second kappa shape index (κ2) is 10.7. The van der Waals surface area contributed by atoms with Crippen LogP contribution in [0, 0.1) is 61.0 Å². The Kier molecular flexibility index (Phi) is 7.49. The molecule has 4 rings (SSSR count). The van der Waals surface area contributed by atoms with E-state index in [1.807, 2.05) is 25.1 Å². The van der Waals surface area contributed by atoms with Crippen LogP contribution in [-0.4, -0.2) is 0 Å². The molecule has 1 saturated carbocycles. The van der Waals surface area contributed by atoms with Gasteiger partial charge in [-0.2, -0.15) is 0 Å². The predicted molar refractivity (Wildman–Crippen MR) is 136 cm³/mol. The normalized spacial score (nSPS) is 17.3. The fourth-order valence-corrected chi connectivity index (χ4v) is 4.47. The Balaban J connectivity index is 1.41. The van der Waals surface area contributed by atoms with E-state index >= 15 is 0 Å². The summed E-state index contributed by atoms with van der Waals surface area (Å²) in [7, 11) is 0. The Morgan fingerprint density at radius 3 is 1.94 bits per heavy atom. The lowest BCUT2D eigenvalue weighted by Crippen LogP contribution is -2.14. The van der Waals surface area contributed by atoms with E-state index < -0.39 is 11.6 Å². The highest BCUT2D eigenvalue weighted by atomic mass is 19.1. The second-order valence-corrected chi connectivity index (χ2v) is 9.62. The Morgan fingerprint density at radius 2 is 1.29 bits per heavy atom. The summed E-state index contributed by atoms with van der Waals surface area (Å²) in [5, 5.41) is 0. The molecule has 0 amide bonds. The first-order valence-electron chi connectivity index (χ1n) is 12.1. The lowest BCUT2D eigenvalue weighted by Gasteiger charge is -2.26. The van der Waals surface area contributed by atoms with Gasteiger partial charge in [0.05, 0.1) is 0 Å². The third kappa shape index (κ3) is 6.15. The molecular weight excluding hydrogens is 422 g/mol. The Hall–Kier alpha value is -3.36. The van der Waals surface area contributed by atoms with Crippen molar-refractivity contribution in [3.8, 4) is 23.7 Å². The number of hydrogen-bond donors (Lipinski definition) is 0. The van der Waals surface area contributed by atoms with Gasteiger partial charge in [-0.25, -0.2) is 8.78 Å². The van der Waals surface area contributed by atoms with Crippen LogP contribution >= 0.6 is 0 Å². The zero-order valence-corrected chi connectivity index (χ0v) is 20.1. The third-order valence-electron chi connectivity index (χ3n) is 6.81. The fraction of sp³-hybridized carbons (Fsp3) is 0.312. The van der Waals surface area contributed by atoms with Crippen LogP contribution in [0.4, 0.5) is 8.78 Å². The van der Waals surface area contributed by atoms with E-state index in [4.69, 9.17) is 0 Å². The summed E-state index contributed by atoms with van der Waals surface area (Å²) in [6.45, 7) is 5.77. The molecule has 1 fully saturated rings. The van der Waals surface area contributed by atoms with Crippen LogP contribution in [0.5, 0.6) is 0 Å². The molecule has 3 aromatic carbocycles. The maximum Gasteiger partial charge on any atom is 0.130 e. The highest BCUT2D eigenvalue weighted by Crippen LogP contribution is 2.30. The molecule has 34 heavy (non-hydrogen) atoms. The van der Waals surface area contributed by atoms with Gasteiger partial charge in [0.1, 0.15) is 11.6 Å². The van der Waals surface area contributed by atoms with E-state index in [1.54, 1.807) is 0 Å². The van der Waals surface area contributed by atoms with Gasteiger partial charge in [-0.3, -0.25) is 0 Å². The van der Waals surface area contributed by atoms with E-state index in [-0.39, 0.29) is 5.56 Å². The number of hydrogen-bond acceptors (Lipinski definition) is 0. The fourth-order valence-electron chi connectivity index (χ4n) is 4.47. The average molecular weight is 453 g/mol. The minimum Gasteiger partial charge on any atom is -0.207 e. The molecule has 172 valence electrons. The van der Waals surface area contributed by atoms with Crippen LogP contribution in [0.15, 0.2) is 54.6 Å². The van der Waals surface area contributed by atoms with Crippen molar-refractivity contribution in [3.63, 3.8) is 0 Å². The molecule has 0 heterocycles. The van der Waals surface area contributed by atoms with Crippen molar-refractivity contribution in [2.24, 2.45) is 11.8 Å². The van der Waals surface area contributed by atoms with Crippen molar-refractivity contribution in [2.75, 3.05) is 0 Å². The smallest absolute Gasteiger partial charge is 0.130 e. The highest BCUT2D eigenvalue weighted by molar-refractivity contribution is 5.51. The SMILES string of the molecule is Cc1cc(C#Cc2cc(F)c(C)c(F)c2)ccc1C#Cc1ccc(CC2CCC(C)CC2)cc1. The van der Waals surface area contributed by atoms with Gasteiger partial charge in [-0.15, -0.1) is 0 Å². The van der Waals surface area contributed by atoms with Crippen LogP contribution in [0.2, 0.25) is 0 Å². The molecular formula is C32H30F2. The number of rotatable bonds is 2. The van der Waals surface area contributed by atoms with Crippen LogP contribution in [0.3, 0.4) is 0 Å². The first kappa shape index (κ1) is 23.8. The monoisotopic (exact) mass is 452 g/mol. The molecule has 0 unspecified atom stereocenters. The summed E-state index contributed by atoms with van der Waals surface area (Å²) in [5.74, 6) is 12.9. The first-order chi connectivity index (χ1) is 16.4. The zero-order chi connectivity index (χ0) is 24.1. The van der Waals surface area contributed by atoms with Crippen LogP contribution < -0.4 is 0 Å². The van der Waals surface area contributed by atoms with E-state index in [0.717, 1.165) is 34.1 Å². The topological polar surface area (TPSA) is 0 Å². The molecule has 0 nitrogen and oxygen atoms in total. The van der Waals surface area contributed by atoms with Gasteiger partial charge < -0.3 is 0 Å². The molecule has 1 aliphatic rings. The maximum atomic E-state index is 13.7. The van der Waals surface area contributed by atoms with E-state index in [2.05, 4.69) is 54.9 Å². The van der Waals surface area contributed by atoms with Crippen LogP contribution in [0.1, 0.15) is 71.6 Å². The van der Waals surface area contributed by atoms with Crippen molar-refractivity contribution in [1.82, 2.24) is 0 Å². The van der Waals surface area contributed by atoms with Crippen molar-refractivity contribution < 1.29 is 8.78 Å². The van der Waals surface area contributed by atoms with E-state index in [0.29, 0.717) is 5.56 Å². The Labute approximate surface area is 202 Å². The molecule has 2 heteroatoms. The molecule has 1 aliphatic carbocycles.